The summed E-state index contributed by atoms with van der Waals surface area (Å²) in [5, 5.41) is 6.33. The minimum atomic E-state index is -0.493. The molecule has 22 heavy (non-hydrogen) atoms. The lowest BCUT2D eigenvalue weighted by atomic mass is 9.82. The molecular formula is C16H26N2O4. The Bertz CT molecular complexity index is 467. The third kappa shape index (κ3) is 4.74. The van der Waals surface area contributed by atoms with Crippen molar-refractivity contribution >= 4 is 6.09 Å². The summed E-state index contributed by atoms with van der Waals surface area (Å²) in [6.45, 7) is 8.87. The minimum Gasteiger partial charge on any atom is -0.472 e. The summed E-state index contributed by atoms with van der Waals surface area (Å²) >= 11 is 0. The number of hydrogen-bond donors (Lipinski definition) is 2. The summed E-state index contributed by atoms with van der Waals surface area (Å²) in [5.41, 5.74) is 0.575. The normalized spacial score (nSPS) is 24.6. The quantitative estimate of drug-likeness (QED) is 0.844. The van der Waals surface area contributed by atoms with E-state index in [2.05, 4.69) is 10.6 Å². The number of nitrogens with one attached hydrogen (secondary N) is 2. The van der Waals surface area contributed by atoms with Crippen LogP contribution in [0.4, 0.5) is 4.79 Å². The van der Waals surface area contributed by atoms with Gasteiger partial charge in [-0.05, 0) is 40.2 Å². The smallest absolute Gasteiger partial charge is 0.407 e. The van der Waals surface area contributed by atoms with E-state index < -0.39 is 5.60 Å². The number of amides is 1. The number of rotatable bonds is 6. The molecule has 1 heterocycles. The highest BCUT2D eigenvalue weighted by Crippen LogP contribution is 2.25. The van der Waals surface area contributed by atoms with Gasteiger partial charge in [0.15, 0.2) is 0 Å². The fourth-order valence-electron chi connectivity index (χ4n) is 2.50. The molecule has 6 heteroatoms. The summed E-state index contributed by atoms with van der Waals surface area (Å²) in [4.78, 5) is 11.9. The molecule has 1 aliphatic rings. The van der Waals surface area contributed by atoms with Gasteiger partial charge in [0, 0.05) is 18.7 Å². The molecule has 0 aliphatic heterocycles. The van der Waals surface area contributed by atoms with Crippen LogP contribution in [0, 0.1) is 0 Å². The van der Waals surface area contributed by atoms with Gasteiger partial charge in [0.25, 0.3) is 0 Å². The van der Waals surface area contributed by atoms with E-state index in [0.29, 0.717) is 13.2 Å². The highest BCUT2D eigenvalue weighted by molar-refractivity contribution is 5.68. The van der Waals surface area contributed by atoms with Crippen LogP contribution in [0.1, 0.15) is 39.7 Å². The van der Waals surface area contributed by atoms with E-state index in [0.717, 1.165) is 12.0 Å². The molecule has 1 amide bonds. The van der Waals surface area contributed by atoms with E-state index in [-0.39, 0.29) is 24.3 Å². The molecule has 124 valence electrons. The predicted octanol–water partition coefficient (Wildman–Crippen LogP) is 2.44. The summed E-state index contributed by atoms with van der Waals surface area (Å²) in [7, 11) is 0. The molecule has 2 rings (SSSR count). The molecule has 1 fully saturated rings. The van der Waals surface area contributed by atoms with Gasteiger partial charge in [-0.2, -0.15) is 0 Å². The van der Waals surface area contributed by atoms with Gasteiger partial charge in [0.1, 0.15) is 5.60 Å². The van der Waals surface area contributed by atoms with Gasteiger partial charge in [-0.25, -0.2) is 4.79 Å². The van der Waals surface area contributed by atoms with Crippen LogP contribution in [0.5, 0.6) is 0 Å². The molecule has 6 nitrogen and oxygen atoms in total. The van der Waals surface area contributed by atoms with E-state index in [1.54, 1.807) is 12.5 Å². The van der Waals surface area contributed by atoms with E-state index in [9.17, 15) is 4.79 Å². The van der Waals surface area contributed by atoms with Gasteiger partial charge in [-0.15, -0.1) is 0 Å². The third-order valence-electron chi connectivity index (χ3n) is 3.53. The van der Waals surface area contributed by atoms with Crippen molar-refractivity contribution in [3.05, 3.63) is 24.2 Å². The van der Waals surface area contributed by atoms with Crippen molar-refractivity contribution in [3.63, 3.8) is 0 Å². The molecule has 1 saturated carbocycles. The van der Waals surface area contributed by atoms with Crippen LogP contribution in [0.3, 0.4) is 0 Å². The van der Waals surface area contributed by atoms with Crippen LogP contribution in [-0.2, 0) is 16.0 Å². The minimum absolute atomic E-state index is 0.0123. The van der Waals surface area contributed by atoms with Crippen molar-refractivity contribution < 1.29 is 18.7 Å². The largest absolute Gasteiger partial charge is 0.472 e. The molecule has 0 bridgehead atoms. The highest BCUT2D eigenvalue weighted by Gasteiger charge is 2.42. The Balaban J connectivity index is 1.85. The SMILES string of the molecule is CCOC1CC(NC(=O)OC(C)(C)C)C1NCc1ccoc1. The van der Waals surface area contributed by atoms with Crippen molar-refractivity contribution in [1.82, 2.24) is 10.6 Å². The van der Waals surface area contributed by atoms with Crippen LogP contribution >= 0.6 is 0 Å². The number of hydrogen-bond acceptors (Lipinski definition) is 5. The average molecular weight is 310 g/mol. The van der Waals surface area contributed by atoms with Gasteiger partial charge >= 0.3 is 6.09 Å². The fraction of sp³-hybridized carbons (Fsp3) is 0.688. The van der Waals surface area contributed by atoms with Gasteiger partial charge in [-0.3, -0.25) is 0 Å². The Morgan fingerprint density at radius 2 is 2.23 bits per heavy atom. The van der Waals surface area contributed by atoms with Crippen LogP contribution in [-0.4, -0.2) is 36.5 Å². The lowest BCUT2D eigenvalue weighted by Gasteiger charge is -2.44. The van der Waals surface area contributed by atoms with E-state index in [1.807, 2.05) is 33.8 Å². The molecule has 0 radical (unpaired) electrons. The molecule has 1 aliphatic carbocycles. The summed E-state index contributed by atoms with van der Waals surface area (Å²) < 4.78 is 16.1. The maximum absolute atomic E-state index is 11.9. The number of carbonyl (C=O) groups is 1. The first-order chi connectivity index (χ1) is 10.4. The van der Waals surface area contributed by atoms with Crippen molar-refractivity contribution in [2.45, 2.75) is 64.4 Å². The molecule has 3 unspecified atom stereocenters. The topological polar surface area (TPSA) is 72.7 Å². The zero-order valence-corrected chi connectivity index (χ0v) is 13.7. The van der Waals surface area contributed by atoms with Crippen molar-refractivity contribution in [1.29, 1.82) is 0 Å². The van der Waals surface area contributed by atoms with Gasteiger partial charge in [0.2, 0.25) is 0 Å². The maximum Gasteiger partial charge on any atom is 0.407 e. The second-order valence-corrected chi connectivity index (χ2v) is 6.52. The van der Waals surface area contributed by atoms with Gasteiger partial charge in [-0.1, -0.05) is 0 Å². The molecule has 1 aromatic heterocycles. The maximum atomic E-state index is 11.9. The first kappa shape index (κ1) is 16.8. The number of carbonyl (C=O) groups excluding carboxylic acids is 1. The molecule has 2 N–H and O–H groups in total. The second-order valence-electron chi connectivity index (χ2n) is 6.52. The Morgan fingerprint density at radius 1 is 1.45 bits per heavy atom. The fourth-order valence-corrected chi connectivity index (χ4v) is 2.50. The van der Waals surface area contributed by atoms with E-state index >= 15 is 0 Å². The lowest BCUT2D eigenvalue weighted by molar-refractivity contribution is -0.0438. The van der Waals surface area contributed by atoms with Crippen LogP contribution in [0.25, 0.3) is 0 Å². The molecule has 0 spiro atoms. The first-order valence-corrected chi connectivity index (χ1v) is 7.74. The standard InChI is InChI=1S/C16H26N2O4/c1-5-21-13-8-12(18-15(19)22-16(2,3)4)14(13)17-9-11-6-7-20-10-11/h6-7,10,12-14,17H,5,8-9H2,1-4H3,(H,18,19). The molecule has 3 atom stereocenters. The first-order valence-electron chi connectivity index (χ1n) is 7.74. The number of alkyl carbamates (subject to hydrolysis) is 1. The zero-order valence-electron chi connectivity index (χ0n) is 13.7. The summed E-state index contributed by atoms with van der Waals surface area (Å²) in [5.74, 6) is 0. The van der Waals surface area contributed by atoms with Gasteiger partial charge < -0.3 is 24.5 Å². The van der Waals surface area contributed by atoms with E-state index in [4.69, 9.17) is 13.9 Å². The Kier molecular flexibility index (Phi) is 5.47. The Morgan fingerprint density at radius 3 is 2.82 bits per heavy atom. The monoisotopic (exact) mass is 310 g/mol. The molecule has 1 aromatic rings. The number of ether oxygens (including phenoxy) is 2. The molecular weight excluding hydrogens is 284 g/mol. The summed E-state index contributed by atoms with van der Waals surface area (Å²) in [6, 6.07) is 2.00. The molecule has 0 saturated heterocycles. The van der Waals surface area contributed by atoms with Gasteiger partial charge in [0.05, 0.1) is 30.7 Å². The van der Waals surface area contributed by atoms with E-state index in [1.165, 1.54) is 0 Å². The predicted molar refractivity (Wildman–Crippen MR) is 82.5 cm³/mol. The Labute approximate surface area is 131 Å². The second kappa shape index (κ2) is 7.15. The van der Waals surface area contributed by atoms with Crippen LogP contribution < -0.4 is 10.6 Å². The highest BCUT2D eigenvalue weighted by atomic mass is 16.6. The summed E-state index contributed by atoms with van der Waals surface area (Å²) in [6.07, 6.45) is 3.86. The van der Waals surface area contributed by atoms with Crippen LogP contribution in [0.15, 0.2) is 23.0 Å². The van der Waals surface area contributed by atoms with Crippen molar-refractivity contribution in [2.75, 3.05) is 6.61 Å². The third-order valence-corrected chi connectivity index (χ3v) is 3.53. The van der Waals surface area contributed by atoms with Crippen molar-refractivity contribution in [3.8, 4) is 0 Å². The Hall–Kier alpha value is -1.53. The number of furan rings is 1. The zero-order chi connectivity index (χ0) is 16.2. The molecule has 0 aromatic carbocycles. The average Bonchev–Trinajstić information content (AvgIpc) is 2.88. The van der Waals surface area contributed by atoms with Crippen LogP contribution in [0.2, 0.25) is 0 Å². The lowest BCUT2D eigenvalue weighted by Crippen LogP contribution is -2.66. The van der Waals surface area contributed by atoms with Crippen molar-refractivity contribution in [2.24, 2.45) is 0 Å².